The second kappa shape index (κ2) is 7.42. The number of anilines is 1. The van der Waals surface area contributed by atoms with Gasteiger partial charge in [-0.25, -0.2) is 9.97 Å². The molecule has 2 aliphatic heterocycles. The van der Waals surface area contributed by atoms with Gasteiger partial charge in [0.2, 0.25) is 11.9 Å². The third-order valence-electron chi connectivity index (χ3n) is 4.75. The quantitative estimate of drug-likeness (QED) is 0.779. The molecule has 132 valence electrons. The van der Waals surface area contributed by atoms with Crippen LogP contribution in [0.15, 0.2) is 12.4 Å². The fraction of sp³-hybridized carbons (Fsp3) is 0.688. The van der Waals surface area contributed by atoms with E-state index in [1.54, 1.807) is 0 Å². The average Bonchev–Trinajstić information content (AvgIpc) is 2.56. The minimum Gasteiger partial charge on any atom is -0.375 e. The van der Waals surface area contributed by atoms with Crippen molar-refractivity contribution in [2.75, 3.05) is 51.3 Å². The highest BCUT2D eigenvalue weighted by Gasteiger charge is 2.33. The summed E-state index contributed by atoms with van der Waals surface area (Å²) in [4.78, 5) is 27.3. The van der Waals surface area contributed by atoms with E-state index >= 15 is 0 Å². The molecule has 0 radical (unpaired) electrons. The van der Waals surface area contributed by atoms with E-state index in [1.165, 1.54) is 0 Å². The second-order valence-corrected chi connectivity index (χ2v) is 6.58. The van der Waals surface area contributed by atoms with Gasteiger partial charge in [0.05, 0.1) is 12.7 Å². The van der Waals surface area contributed by atoms with E-state index < -0.39 is 6.04 Å². The summed E-state index contributed by atoms with van der Waals surface area (Å²) >= 11 is 0. The lowest BCUT2D eigenvalue weighted by atomic mass is 10.1. The summed E-state index contributed by atoms with van der Waals surface area (Å²) in [6, 6.07) is -0.406. The molecule has 0 bridgehead atoms. The van der Waals surface area contributed by atoms with Crippen LogP contribution in [0.4, 0.5) is 5.95 Å². The summed E-state index contributed by atoms with van der Waals surface area (Å²) in [6.07, 6.45) is 3.50. The summed E-state index contributed by atoms with van der Waals surface area (Å²) in [5.41, 5.74) is 6.51. The molecule has 1 aromatic rings. The van der Waals surface area contributed by atoms with Crippen LogP contribution in [0.3, 0.4) is 0 Å². The topological polar surface area (TPSA) is 87.8 Å². The van der Waals surface area contributed by atoms with Crippen LogP contribution in [0.25, 0.3) is 0 Å². The molecule has 3 heterocycles. The van der Waals surface area contributed by atoms with E-state index in [4.69, 9.17) is 10.5 Å². The van der Waals surface area contributed by atoms with Crippen LogP contribution in [0.2, 0.25) is 0 Å². The normalized spacial score (nSPS) is 26.5. The first-order chi connectivity index (χ1) is 11.5. The third kappa shape index (κ3) is 3.82. The van der Waals surface area contributed by atoms with Crippen molar-refractivity contribution in [1.29, 1.82) is 0 Å². The van der Waals surface area contributed by atoms with Gasteiger partial charge in [0.25, 0.3) is 0 Å². The van der Waals surface area contributed by atoms with Crippen molar-refractivity contribution in [2.24, 2.45) is 5.73 Å². The molecule has 8 heteroatoms. The number of ether oxygens (including phenoxy) is 1. The van der Waals surface area contributed by atoms with E-state index in [-0.39, 0.29) is 12.0 Å². The first kappa shape index (κ1) is 17.1. The summed E-state index contributed by atoms with van der Waals surface area (Å²) in [6.45, 7) is 7.71. The Morgan fingerprint density at radius 3 is 2.54 bits per heavy atom. The molecule has 0 spiro atoms. The fourth-order valence-corrected chi connectivity index (χ4v) is 3.31. The number of piperazine rings is 1. The Balaban J connectivity index is 1.64. The van der Waals surface area contributed by atoms with E-state index in [0.717, 1.165) is 37.7 Å². The number of hydrogen-bond donors (Lipinski definition) is 1. The number of carbonyl (C=O) groups excluding carboxylic acids is 1. The summed E-state index contributed by atoms with van der Waals surface area (Å²) in [5.74, 6) is 0.422. The highest BCUT2D eigenvalue weighted by Crippen LogP contribution is 2.17. The smallest absolute Gasteiger partial charge is 0.237 e. The van der Waals surface area contributed by atoms with Gasteiger partial charge in [0.15, 0.2) is 0 Å². The van der Waals surface area contributed by atoms with E-state index in [9.17, 15) is 4.79 Å². The number of likely N-dealkylation sites (N-methyl/N-ethyl adjacent to an activating group) is 1. The SMILES string of the molecule is C[C@H]1OCCN(Cc2cnc(N3CCN(C)CC3)nc2)[C@@H]1C(N)=O. The van der Waals surface area contributed by atoms with E-state index in [1.807, 2.05) is 24.2 Å². The Hall–Kier alpha value is -1.77. The Morgan fingerprint density at radius 1 is 1.25 bits per heavy atom. The standard InChI is InChI=1S/C16H26N6O2/c1-12-14(15(17)23)22(7-8-24-12)11-13-9-18-16(19-10-13)21-5-3-20(2)4-6-21/h9-10,12,14H,3-8,11H2,1-2H3,(H2,17,23)/t12-,14+/m1/s1. The van der Waals surface area contributed by atoms with Crippen molar-refractivity contribution >= 4 is 11.9 Å². The fourth-order valence-electron chi connectivity index (χ4n) is 3.31. The van der Waals surface area contributed by atoms with Crippen molar-refractivity contribution in [1.82, 2.24) is 19.8 Å². The molecule has 0 aromatic carbocycles. The average molecular weight is 334 g/mol. The van der Waals surface area contributed by atoms with Gasteiger partial charge in [-0.3, -0.25) is 9.69 Å². The van der Waals surface area contributed by atoms with Gasteiger partial charge in [0.1, 0.15) is 6.04 Å². The van der Waals surface area contributed by atoms with Crippen LogP contribution in [0, 0.1) is 0 Å². The van der Waals surface area contributed by atoms with Crippen LogP contribution in [0.1, 0.15) is 12.5 Å². The largest absolute Gasteiger partial charge is 0.375 e. The van der Waals surface area contributed by atoms with Crippen molar-refractivity contribution in [2.45, 2.75) is 25.6 Å². The van der Waals surface area contributed by atoms with Gasteiger partial charge in [-0.1, -0.05) is 0 Å². The molecule has 0 unspecified atom stereocenters. The van der Waals surface area contributed by atoms with E-state index in [2.05, 4.69) is 26.8 Å². The molecule has 2 fully saturated rings. The van der Waals surface area contributed by atoms with Gasteiger partial charge in [-0.2, -0.15) is 0 Å². The summed E-state index contributed by atoms with van der Waals surface area (Å²) in [5, 5.41) is 0. The van der Waals surface area contributed by atoms with Gasteiger partial charge < -0.3 is 20.3 Å². The monoisotopic (exact) mass is 334 g/mol. The molecule has 2 atom stereocenters. The zero-order chi connectivity index (χ0) is 17.1. The minimum atomic E-state index is -0.406. The first-order valence-corrected chi connectivity index (χ1v) is 8.44. The van der Waals surface area contributed by atoms with Gasteiger partial charge in [-0.15, -0.1) is 0 Å². The lowest BCUT2D eigenvalue weighted by Crippen LogP contribution is -2.56. The lowest BCUT2D eigenvalue weighted by Gasteiger charge is -2.37. The number of hydrogen-bond acceptors (Lipinski definition) is 7. The van der Waals surface area contributed by atoms with Gasteiger partial charge >= 0.3 is 0 Å². The zero-order valence-electron chi connectivity index (χ0n) is 14.4. The van der Waals surface area contributed by atoms with Crippen molar-refractivity contribution < 1.29 is 9.53 Å². The third-order valence-corrected chi connectivity index (χ3v) is 4.75. The van der Waals surface area contributed by atoms with Crippen molar-refractivity contribution in [3.05, 3.63) is 18.0 Å². The van der Waals surface area contributed by atoms with Crippen LogP contribution >= 0.6 is 0 Å². The number of nitrogens with two attached hydrogens (primary N) is 1. The van der Waals surface area contributed by atoms with Crippen LogP contribution in [-0.4, -0.2) is 84.2 Å². The van der Waals surface area contributed by atoms with Crippen molar-refractivity contribution in [3.8, 4) is 0 Å². The number of morpholine rings is 1. The number of carbonyl (C=O) groups is 1. The molecular formula is C16H26N6O2. The van der Waals surface area contributed by atoms with Crippen LogP contribution in [-0.2, 0) is 16.1 Å². The summed E-state index contributed by atoms with van der Waals surface area (Å²) in [7, 11) is 2.12. The Morgan fingerprint density at radius 2 is 1.92 bits per heavy atom. The van der Waals surface area contributed by atoms with Crippen molar-refractivity contribution in [3.63, 3.8) is 0 Å². The molecule has 24 heavy (non-hydrogen) atoms. The molecule has 0 saturated carbocycles. The molecular weight excluding hydrogens is 308 g/mol. The maximum absolute atomic E-state index is 11.7. The molecule has 3 rings (SSSR count). The molecule has 2 saturated heterocycles. The number of nitrogens with zero attached hydrogens (tertiary/aromatic N) is 5. The van der Waals surface area contributed by atoms with E-state index in [0.29, 0.717) is 19.7 Å². The number of amides is 1. The first-order valence-electron chi connectivity index (χ1n) is 8.44. The molecule has 8 nitrogen and oxygen atoms in total. The highest BCUT2D eigenvalue weighted by atomic mass is 16.5. The molecule has 2 N–H and O–H groups in total. The highest BCUT2D eigenvalue weighted by molar-refractivity contribution is 5.80. The predicted octanol–water partition coefficient (Wildman–Crippen LogP) is -0.697. The Labute approximate surface area is 142 Å². The Kier molecular flexibility index (Phi) is 5.27. The van der Waals surface area contributed by atoms with Crippen LogP contribution in [0.5, 0.6) is 0 Å². The maximum Gasteiger partial charge on any atom is 0.237 e. The number of primary amides is 1. The lowest BCUT2D eigenvalue weighted by molar-refractivity contribution is -0.136. The molecule has 0 aliphatic carbocycles. The van der Waals surface area contributed by atoms with Gasteiger partial charge in [0, 0.05) is 57.2 Å². The number of aromatic nitrogens is 2. The Bertz CT molecular complexity index is 558. The second-order valence-electron chi connectivity index (χ2n) is 6.58. The molecule has 1 aromatic heterocycles. The maximum atomic E-state index is 11.7. The molecule has 1 amide bonds. The van der Waals surface area contributed by atoms with Gasteiger partial charge in [-0.05, 0) is 14.0 Å². The molecule has 2 aliphatic rings. The minimum absolute atomic E-state index is 0.193. The van der Waals surface area contributed by atoms with Crippen LogP contribution < -0.4 is 10.6 Å². The zero-order valence-corrected chi connectivity index (χ0v) is 14.4. The predicted molar refractivity (Wildman–Crippen MR) is 90.5 cm³/mol. The summed E-state index contributed by atoms with van der Waals surface area (Å²) < 4.78 is 5.54. The number of rotatable bonds is 4.